The lowest BCUT2D eigenvalue weighted by molar-refractivity contribution is -0.124. The van der Waals surface area contributed by atoms with Gasteiger partial charge in [0.2, 0.25) is 5.91 Å². The SMILES string of the molecule is COc1ccc2cc3c(nc2c1)N(C(=O)C1CCC1)CC3. The van der Waals surface area contributed by atoms with Crippen molar-refractivity contribution in [2.24, 2.45) is 5.92 Å². The van der Waals surface area contributed by atoms with Crippen LogP contribution >= 0.6 is 0 Å². The fourth-order valence-corrected chi connectivity index (χ4v) is 3.15. The number of methoxy groups -OCH3 is 1. The Kier molecular flexibility index (Phi) is 2.84. The molecule has 4 nitrogen and oxygen atoms in total. The van der Waals surface area contributed by atoms with E-state index in [-0.39, 0.29) is 11.8 Å². The third kappa shape index (κ3) is 1.97. The van der Waals surface area contributed by atoms with E-state index in [1.165, 1.54) is 12.0 Å². The van der Waals surface area contributed by atoms with E-state index in [4.69, 9.17) is 9.72 Å². The molecule has 4 heteroatoms. The van der Waals surface area contributed by atoms with Crippen molar-refractivity contribution >= 4 is 22.6 Å². The minimum absolute atomic E-state index is 0.221. The van der Waals surface area contributed by atoms with Crippen LogP contribution in [0.2, 0.25) is 0 Å². The second kappa shape index (κ2) is 4.72. The van der Waals surface area contributed by atoms with Gasteiger partial charge in [0.1, 0.15) is 11.6 Å². The lowest BCUT2D eigenvalue weighted by Crippen LogP contribution is -2.38. The number of aromatic nitrogens is 1. The largest absolute Gasteiger partial charge is 0.497 e. The standard InChI is InChI=1S/C17H18N2O2/c1-21-14-6-5-12-9-13-7-8-19(16(13)18-15(12)10-14)17(20)11-3-2-4-11/h5-6,9-11H,2-4,7-8H2,1H3. The normalized spacial score (nSPS) is 17.7. The quantitative estimate of drug-likeness (QED) is 0.850. The highest BCUT2D eigenvalue weighted by atomic mass is 16.5. The van der Waals surface area contributed by atoms with Crippen LogP contribution in [0, 0.1) is 5.92 Å². The number of fused-ring (bicyclic) bond motifs is 2. The predicted molar refractivity (Wildman–Crippen MR) is 81.7 cm³/mol. The number of benzene rings is 1. The van der Waals surface area contributed by atoms with Gasteiger partial charge in [-0.15, -0.1) is 0 Å². The highest BCUT2D eigenvalue weighted by molar-refractivity contribution is 5.98. The summed E-state index contributed by atoms with van der Waals surface area (Å²) in [6, 6.07) is 8.06. The van der Waals surface area contributed by atoms with Gasteiger partial charge in [0.05, 0.1) is 12.6 Å². The molecule has 1 aromatic carbocycles. The summed E-state index contributed by atoms with van der Waals surface area (Å²) in [5, 5.41) is 1.10. The van der Waals surface area contributed by atoms with E-state index in [9.17, 15) is 4.79 Å². The molecule has 0 bridgehead atoms. The fourth-order valence-electron chi connectivity index (χ4n) is 3.15. The minimum atomic E-state index is 0.221. The zero-order valence-electron chi connectivity index (χ0n) is 12.1. The maximum absolute atomic E-state index is 12.5. The summed E-state index contributed by atoms with van der Waals surface area (Å²) in [6.45, 7) is 0.769. The Hall–Kier alpha value is -2.10. The van der Waals surface area contributed by atoms with E-state index in [1.54, 1.807) is 7.11 Å². The van der Waals surface area contributed by atoms with Gasteiger partial charge in [0, 0.05) is 23.9 Å². The first-order chi connectivity index (χ1) is 10.3. The van der Waals surface area contributed by atoms with Crippen LogP contribution in [-0.4, -0.2) is 24.5 Å². The Morgan fingerprint density at radius 2 is 2.19 bits per heavy atom. The molecule has 1 fully saturated rings. The average Bonchev–Trinajstić information content (AvgIpc) is 2.85. The van der Waals surface area contributed by atoms with Crippen LogP contribution in [0.5, 0.6) is 5.75 Å². The Morgan fingerprint density at radius 3 is 2.90 bits per heavy atom. The lowest BCUT2D eigenvalue weighted by atomic mass is 9.84. The van der Waals surface area contributed by atoms with E-state index >= 15 is 0 Å². The maximum atomic E-state index is 12.5. The van der Waals surface area contributed by atoms with E-state index in [2.05, 4.69) is 6.07 Å². The number of nitrogens with zero attached hydrogens (tertiary/aromatic N) is 2. The van der Waals surface area contributed by atoms with Crippen LogP contribution in [-0.2, 0) is 11.2 Å². The molecule has 4 rings (SSSR count). The topological polar surface area (TPSA) is 42.4 Å². The van der Waals surface area contributed by atoms with Gasteiger partial charge in [-0.3, -0.25) is 9.69 Å². The van der Waals surface area contributed by atoms with Gasteiger partial charge < -0.3 is 4.74 Å². The van der Waals surface area contributed by atoms with Crippen molar-refractivity contribution in [2.45, 2.75) is 25.7 Å². The molecule has 1 saturated carbocycles. The monoisotopic (exact) mass is 282 g/mol. The summed E-state index contributed by atoms with van der Waals surface area (Å²) in [4.78, 5) is 19.1. The van der Waals surface area contributed by atoms with Crippen molar-refractivity contribution in [3.8, 4) is 5.75 Å². The fraction of sp³-hybridized carbons (Fsp3) is 0.412. The zero-order chi connectivity index (χ0) is 14.4. The predicted octanol–water partition coefficient (Wildman–Crippen LogP) is 2.93. The van der Waals surface area contributed by atoms with Crippen molar-refractivity contribution in [3.63, 3.8) is 0 Å². The van der Waals surface area contributed by atoms with Gasteiger partial charge in [0.25, 0.3) is 0 Å². The van der Waals surface area contributed by atoms with Gasteiger partial charge in [0.15, 0.2) is 0 Å². The Labute approximate surface area is 123 Å². The Bertz CT molecular complexity index is 722. The maximum Gasteiger partial charge on any atom is 0.231 e. The number of hydrogen-bond acceptors (Lipinski definition) is 3. The Morgan fingerprint density at radius 1 is 1.33 bits per heavy atom. The van der Waals surface area contributed by atoms with Crippen molar-refractivity contribution in [1.82, 2.24) is 4.98 Å². The number of rotatable bonds is 2. The second-order valence-corrected chi connectivity index (χ2v) is 5.90. The number of carbonyl (C=O) groups excluding carboxylic acids is 1. The van der Waals surface area contributed by atoms with Crippen LogP contribution in [0.15, 0.2) is 24.3 Å². The van der Waals surface area contributed by atoms with Crippen molar-refractivity contribution in [3.05, 3.63) is 29.8 Å². The number of anilines is 1. The summed E-state index contributed by atoms with van der Waals surface area (Å²) in [6.07, 6.45) is 4.15. The van der Waals surface area contributed by atoms with Gasteiger partial charge in [-0.25, -0.2) is 4.98 Å². The first-order valence-electron chi connectivity index (χ1n) is 7.55. The molecule has 0 N–H and O–H groups in total. The molecule has 0 spiro atoms. The first kappa shape index (κ1) is 12.6. The van der Waals surface area contributed by atoms with Gasteiger partial charge in [-0.1, -0.05) is 6.42 Å². The van der Waals surface area contributed by atoms with E-state index in [0.717, 1.165) is 48.3 Å². The van der Waals surface area contributed by atoms with E-state index < -0.39 is 0 Å². The summed E-state index contributed by atoms with van der Waals surface area (Å²) in [5.41, 5.74) is 2.07. The lowest BCUT2D eigenvalue weighted by Gasteiger charge is -2.28. The average molecular weight is 282 g/mol. The molecular weight excluding hydrogens is 264 g/mol. The van der Waals surface area contributed by atoms with Gasteiger partial charge in [-0.05, 0) is 43.0 Å². The molecule has 2 aromatic rings. The number of ether oxygens (including phenoxy) is 1. The Balaban J connectivity index is 1.76. The third-order valence-electron chi connectivity index (χ3n) is 4.66. The molecule has 1 amide bonds. The smallest absolute Gasteiger partial charge is 0.231 e. The molecule has 1 aromatic heterocycles. The van der Waals surface area contributed by atoms with Crippen LogP contribution in [0.1, 0.15) is 24.8 Å². The molecule has 1 aliphatic heterocycles. The summed E-state index contributed by atoms with van der Waals surface area (Å²) >= 11 is 0. The molecule has 0 unspecified atom stereocenters. The highest BCUT2D eigenvalue weighted by Crippen LogP contribution is 2.35. The number of carbonyl (C=O) groups is 1. The molecule has 0 saturated heterocycles. The molecule has 2 aliphatic rings. The minimum Gasteiger partial charge on any atom is -0.497 e. The molecule has 2 heterocycles. The van der Waals surface area contributed by atoms with Crippen LogP contribution in [0.25, 0.3) is 10.9 Å². The third-order valence-corrected chi connectivity index (χ3v) is 4.66. The van der Waals surface area contributed by atoms with Crippen molar-refractivity contribution in [1.29, 1.82) is 0 Å². The first-order valence-corrected chi connectivity index (χ1v) is 7.55. The highest BCUT2D eigenvalue weighted by Gasteiger charge is 2.34. The molecule has 21 heavy (non-hydrogen) atoms. The van der Waals surface area contributed by atoms with Crippen molar-refractivity contribution < 1.29 is 9.53 Å². The number of amides is 1. The molecule has 1 aliphatic carbocycles. The van der Waals surface area contributed by atoms with Crippen LogP contribution in [0.3, 0.4) is 0 Å². The van der Waals surface area contributed by atoms with Crippen molar-refractivity contribution in [2.75, 3.05) is 18.6 Å². The van der Waals surface area contributed by atoms with E-state index in [0.29, 0.717) is 0 Å². The van der Waals surface area contributed by atoms with Gasteiger partial charge in [-0.2, -0.15) is 0 Å². The molecular formula is C17H18N2O2. The molecule has 0 radical (unpaired) electrons. The van der Waals surface area contributed by atoms with E-state index in [1.807, 2.05) is 23.1 Å². The summed E-state index contributed by atoms with van der Waals surface area (Å²) in [7, 11) is 1.65. The number of pyridine rings is 1. The number of hydrogen-bond donors (Lipinski definition) is 0. The molecule has 0 atom stereocenters. The summed E-state index contributed by atoms with van der Waals surface area (Å²) < 4.78 is 5.26. The van der Waals surface area contributed by atoms with Gasteiger partial charge >= 0.3 is 0 Å². The molecule has 108 valence electrons. The zero-order valence-corrected chi connectivity index (χ0v) is 12.1. The van der Waals surface area contributed by atoms with Crippen LogP contribution in [0.4, 0.5) is 5.82 Å². The van der Waals surface area contributed by atoms with Crippen LogP contribution < -0.4 is 9.64 Å². The second-order valence-electron chi connectivity index (χ2n) is 5.90. The summed E-state index contributed by atoms with van der Waals surface area (Å²) in [5.74, 6) is 2.13.